The van der Waals surface area contributed by atoms with E-state index in [9.17, 15) is 4.39 Å². The van der Waals surface area contributed by atoms with Gasteiger partial charge in [-0.25, -0.2) is 9.37 Å². The molecule has 0 aliphatic heterocycles. The van der Waals surface area contributed by atoms with Gasteiger partial charge in [0.1, 0.15) is 5.82 Å². The molecule has 0 spiro atoms. The first kappa shape index (κ1) is 12.8. The standard InChI is InChI=1S/C15H15FN4/c16-13-2-1-11(6-17)12(5-13)8-20-9-15(19-10-20)7-18-14-3-4-14/h1-2,5,9-10,14,18H,3-4,7-8H2. The van der Waals surface area contributed by atoms with Gasteiger partial charge < -0.3 is 9.88 Å². The van der Waals surface area contributed by atoms with Crippen LogP contribution in [0, 0.1) is 17.1 Å². The lowest BCUT2D eigenvalue weighted by Crippen LogP contribution is -2.15. The van der Waals surface area contributed by atoms with Crippen molar-refractivity contribution in [2.75, 3.05) is 0 Å². The highest BCUT2D eigenvalue weighted by Gasteiger charge is 2.20. The highest BCUT2D eigenvalue weighted by molar-refractivity contribution is 5.38. The van der Waals surface area contributed by atoms with Crippen LogP contribution in [0.5, 0.6) is 0 Å². The largest absolute Gasteiger partial charge is 0.333 e. The molecule has 0 radical (unpaired) electrons. The fourth-order valence-corrected chi connectivity index (χ4v) is 2.12. The molecule has 2 aromatic rings. The molecule has 0 atom stereocenters. The van der Waals surface area contributed by atoms with Crippen LogP contribution in [0.25, 0.3) is 0 Å². The van der Waals surface area contributed by atoms with Crippen molar-refractivity contribution in [3.05, 3.63) is 53.4 Å². The fraction of sp³-hybridized carbons (Fsp3) is 0.333. The van der Waals surface area contributed by atoms with Crippen LogP contribution in [0.15, 0.2) is 30.7 Å². The molecule has 0 amide bonds. The van der Waals surface area contributed by atoms with E-state index in [-0.39, 0.29) is 5.82 Å². The molecule has 1 aromatic carbocycles. The van der Waals surface area contributed by atoms with Gasteiger partial charge in [-0.3, -0.25) is 0 Å². The summed E-state index contributed by atoms with van der Waals surface area (Å²) in [7, 11) is 0. The molecule has 20 heavy (non-hydrogen) atoms. The molecule has 1 fully saturated rings. The van der Waals surface area contributed by atoms with Crippen molar-refractivity contribution in [1.29, 1.82) is 5.26 Å². The van der Waals surface area contributed by atoms with E-state index in [1.54, 1.807) is 6.33 Å². The summed E-state index contributed by atoms with van der Waals surface area (Å²) in [5.74, 6) is -0.324. The molecular formula is C15H15FN4. The van der Waals surface area contributed by atoms with Gasteiger partial charge in [-0.1, -0.05) is 0 Å². The number of nitriles is 1. The Labute approximate surface area is 116 Å². The van der Waals surface area contributed by atoms with Crippen molar-refractivity contribution in [2.24, 2.45) is 0 Å². The second kappa shape index (κ2) is 5.43. The average molecular weight is 270 g/mol. The van der Waals surface area contributed by atoms with Gasteiger partial charge in [0.25, 0.3) is 0 Å². The Bertz CT molecular complexity index is 652. The van der Waals surface area contributed by atoms with Gasteiger partial charge in [0, 0.05) is 25.3 Å². The minimum Gasteiger partial charge on any atom is -0.333 e. The highest BCUT2D eigenvalue weighted by atomic mass is 19.1. The maximum atomic E-state index is 13.3. The van der Waals surface area contributed by atoms with Crippen molar-refractivity contribution in [1.82, 2.24) is 14.9 Å². The zero-order valence-electron chi connectivity index (χ0n) is 11.0. The monoisotopic (exact) mass is 270 g/mol. The van der Waals surface area contributed by atoms with E-state index in [1.807, 2.05) is 10.8 Å². The first-order valence-electron chi connectivity index (χ1n) is 6.67. The SMILES string of the molecule is N#Cc1ccc(F)cc1Cn1cnc(CNC2CC2)c1. The molecular weight excluding hydrogens is 255 g/mol. The lowest BCUT2D eigenvalue weighted by molar-refractivity contribution is 0.623. The van der Waals surface area contributed by atoms with Crippen LogP contribution >= 0.6 is 0 Å². The molecule has 1 saturated carbocycles. The van der Waals surface area contributed by atoms with Crippen molar-refractivity contribution < 1.29 is 4.39 Å². The summed E-state index contributed by atoms with van der Waals surface area (Å²) in [6, 6.07) is 6.95. The third-order valence-electron chi connectivity index (χ3n) is 3.38. The summed E-state index contributed by atoms with van der Waals surface area (Å²) >= 11 is 0. The quantitative estimate of drug-likeness (QED) is 0.906. The minimum absolute atomic E-state index is 0.324. The maximum Gasteiger partial charge on any atom is 0.123 e. The smallest absolute Gasteiger partial charge is 0.123 e. The van der Waals surface area contributed by atoms with Crippen LogP contribution in [0.3, 0.4) is 0 Å². The summed E-state index contributed by atoms with van der Waals surface area (Å²) in [6.07, 6.45) is 6.14. The zero-order valence-corrected chi connectivity index (χ0v) is 11.0. The fourth-order valence-electron chi connectivity index (χ4n) is 2.12. The van der Waals surface area contributed by atoms with Crippen molar-refractivity contribution >= 4 is 0 Å². The molecule has 0 bridgehead atoms. The number of nitrogens with one attached hydrogen (secondary N) is 1. The number of hydrogen-bond donors (Lipinski definition) is 1. The summed E-state index contributed by atoms with van der Waals surface area (Å²) < 4.78 is 15.1. The van der Waals surface area contributed by atoms with Crippen molar-refractivity contribution in [2.45, 2.75) is 32.0 Å². The molecule has 3 rings (SSSR count). The van der Waals surface area contributed by atoms with Crippen LogP contribution in [0.1, 0.15) is 29.7 Å². The van der Waals surface area contributed by atoms with Crippen LogP contribution < -0.4 is 5.32 Å². The second-order valence-electron chi connectivity index (χ2n) is 5.11. The number of nitrogens with zero attached hydrogens (tertiary/aromatic N) is 3. The third-order valence-corrected chi connectivity index (χ3v) is 3.38. The Balaban J connectivity index is 1.70. The molecule has 102 valence electrons. The summed E-state index contributed by atoms with van der Waals surface area (Å²) in [5.41, 5.74) is 2.14. The Kier molecular flexibility index (Phi) is 3.48. The van der Waals surface area contributed by atoms with E-state index in [0.29, 0.717) is 23.7 Å². The van der Waals surface area contributed by atoms with Crippen LogP contribution in [-0.4, -0.2) is 15.6 Å². The van der Waals surface area contributed by atoms with Crippen LogP contribution in [0.2, 0.25) is 0 Å². The van der Waals surface area contributed by atoms with E-state index < -0.39 is 0 Å². The number of rotatable bonds is 5. The lowest BCUT2D eigenvalue weighted by Gasteiger charge is -2.05. The predicted molar refractivity (Wildman–Crippen MR) is 72.3 cm³/mol. The maximum absolute atomic E-state index is 13.3. The summed E-state index contributed by atoms with van der Waals surface area (Å²) in [4.78, 5) is 4.31. The predicted octanol–water partition coefficient (Wildman–Crippen LogP) is 2.19. The van der Waals surface area contributed by atoms with E-state index in [1.165, 1.54) is 31.0 Å². The number of benzene rings is 1. The number of aromatic nitrogens is 2. The Morgan fingerprint density at radius 2 is 2.30 bits per heavy atom. The Morgan fingerprint density at radius 1 is 1.45 bits per heavy atom. The van der Waals surface area contributed by atoms with Gasteiger partial charge in [0.15, 0.2) is 0 Å². The Morgan fingerprint density at radius 3 is 3.05 bits per heavy atom. The van der Waals surface area contributed by atoms with E-state index >= 15 is 0 Å². The number of imidazole rings is 1. The molecule has 1 aliphatic carbocycles. The molecule has 5 heteroatoms. The van der Waals surface area contributed by atoms with Gasteiger partial charge in [-0.2, -0.15) is 5.26 Å². The molecule has 1 aromatic heterocycles. The van der Waals surface area contributed by atoms with Gasteiger partial charge in [-0.15, -0.1) is 0 Å². The molecule has 1 aliphatic rings. The van der Waals surface area contributed by atoms with Crippen molar-refractivity contribution in [3.63, 3.8) is 0 Å². The third kappa shape index (κ3) is 3.03. The first-order chi connectivity index (χ1) is 9.74. The molecule has 1 N–H and O–H groups in total. The van der Waals surface area contributed by atoms with Gasteiger partial charge in [0.05, 0.1) is 23.7 Å². The minimum atomic E-state index is -0.324. The first-order valence-corrected chi connectivity index (χ1v) is 6.67. The van der Waals surface area contributed by atoms with E-state index in [4.69, 9.17) is 5.26 Å². The summed E-state index contributed by atoms with van der Waals surface area (Å²) in [5, 5.41) is 12.4. The van der Waals surface area contributed by atoms with E-state index in [2.05, 4.69) is 16.4 Å². The number of halogens is 1. The molecule has 0 unspecified atom stereocenters. The molecule has 0 saturated heterocycles. The van der Waals surface area contributed by atoms with Gasteiger partial charge in [0.2, 0.25) is 0 Å². The zero-order chi connectivity index (χ0) is 13.9. The van der Waals surface area contributed by atoms with Crippen molar-refractivity contribution in [3.8, 4) is 6.07 Å². The lowest BCUT2D eigenvalue weighted by atomic mass is 10.1. The van der Waals surface area contributed by atoms with E-state index in [0.717, 1.165) is 12.2 Å². The van der Waals surface area contributed by atoms with Gasteiger partial charge >= 0.3 is 0 Å². The highest BCUT2D eigenvalue weighted by Crippen LogP contribution is 2.19. The second-order valence-corrected chi connectivity index (χ2v) is 5.11. The average Bonchev–Trinajstić information content (AvgIpc) is 3.17. The topological polar surface area (TPSA) is 53.6 Å². The van der Waals surface area contributed by atoms with Gasteiger partial charge in [-0.05, 0) is 36.6 Å². The van der Waals surface area contributed by atoms with Crippen LogP contribution in [-0.2, 0) is 13.1 Å². The van der Waals surface area contributed by atoms with Crippen LogP contribution in [0.4, 0.5) is 4.39 Å². The molecule has 1 heterocycles. The Hall–Kier alpha value is -2.19. The normalized spacial score (nSPS) is 14.2. The number of hydrogen-bond acceptors (Lipinski definition) is 3. The summed E-state index contributed by atoms with van der Waals surface area (Å²) in [6.45, 7) is 1.21. The molecule has 4 nitrogen and oxygen atoms in total.